The molecule has 2 rings (SSSR count). The summed E-state index contributed by atoms with van der Waals surface area (Å²) in [6, 6.07) is 7.58. The van der Waals surface area contributed by atoms with Gasteiger partial charge in [0, 0.05) is 18.0 Å². The fraction of sp³-hybridized carbons (Fsp3) is 0.154. The van der Waals surface area contributed by atoms with Crippen molar-refractivity contribution in [2.75, 3.05) is 0 Å². The Balaban J connectivity index is 2.29. The highest BCUT2D eigenvalue weighted by molar-refractivity contribution is 7.78. The van der Waals surface area contributed by atoms with E-state index in [2.05, 4.69) is 39.3 Å². The first-order valence-electron chi connectivity index (χ1n) is 5.32. The standard InChI is InChI=1S/C13H11N3S/c1-2-10-7-14-13(15-8-10)11-3-5-12(6-4-11)16-9-17/h3-8H,2H2,1H3. The number of aliphatic imine (C=N–C) groups is 1. The molecule has 0 aliphatic rings. The maximum atomic E-state index is 4.55. The van der Waals surface area contributed by atoms with Gasteiger partial charge in [0.25, 0.3) is 0 Å². The molecule has 4 heteroatoms. The lowest BCUT2D eigenvalue weighted by molar-refractivity contribution is 1.05. The van der Waals surface area contributed by atoms with Crippen LogP contribution in [0.4, 0.5) is 5.69 Å². The van der Waals surface area contributed by atoms with E-state index < -0.39 is 0 Å². The Morgan fingerprint density at radius 2 is 1.82 bits per heavy atom. The van der Waals surface area contributed by atoms with Crippen molar-refractivity contribution in [2.45, 2.75) is 13.3 Å². The minimum Gasteiger partial charge on any atom is -0.236 e. The molecule has 3 nitrogen and oxygen atoms in total. The Kier molecular flexibility index (Phi) is 3.70. The van der Waals surface area contributed by atoms with Crippen molar-refractivity contribution in [2.24, 2.45) is 4.99 Å². The van der Waals surface area contributed by atoms with Crippen LogP contribution in [-0.4, -0.2) is 15.1 Å². The molecule has 1 aromatic heterocycles. The Bertz CT molecular complexity index is 540. The number of rotatable bonds is 3. The van der Waals surface area contributed by atoms with Crippen LogP contribution in [0.3, 0.4) is 0 Å². The van der Waals surface area contributed by atoms with Crippen molar-refractivity contribution < 1.29 is 0 Å². The molecule has 17 heavy (non-hydrogen) atoms. The van der Waals surface area contributed by atoms with Crippen molar-refractivity contribution in [1.82, 2.24) is 9.97 Å². The third-order valence-corrected chi connectivity index (χ3v) is 2.51. The molecule has 1 aromatic carbocycles. The van der Waals surface area contributed by atoms with Gasteiger partial charge < -0.3 is 0 Å². The predicted octanol–water partition coefficient (Wildman–Crippen LogP) is 3.44. The molecule has 0 unspecified atom stereocenters. The average Bonchev–Trinajstić information content (AvgIpc) is 2.40. The fourth-order valence-electron chi connectivity index (χ4n) is 1.42. The minimum atomic E-state index is 0.722. The highest BCUT2D eigenvalue weighted by atomic mass is 32.1. The van der Waals surface area contributed by atoms with Gasteiger partial charge in [-0.3, -0.25) is 0 Å². The number of hydrogen-bond acceptors (Lipinski definition) is 4. The summed E-state index contributed by atoms with van der Waals surface area (Å²) in [5.41, 5.74) is 2.89. The van der Waals surface area contributed by atoms with Crippen LogP contribution in [0, 0.1) is 0 Å². The fourth-order valence-corrected chi connectivity index (χ4v) is 1.53. The lowest BCUT2D eigenvalue weighted by Crippen LogP contribution is -1.90. The van der Waals surface area contributed by atoms with Gasteiger partial charge in [0.15, 0.2) is 5.82 Å². The van der Waals surface area contributed by atoms with Crippen LogP contribution in [0.25, 0.3) is 11.4 Å². The third kappa shape index (κ3) is 2.81. The van der Waals surface area contributed by atoms with E-state index in [0.29, 0.717) is 0 Å². The van der Waals surface area contributed by atoms with Crippen molar-refractivity contribution >= 4 is 23.1 Å². The summed E-state index contributed by atoms with van der Waals surface area (Å²) in [5, 5.41) is 2.34. The summed E-state index contributed by atoms with van der Waals surface area (Å²) in [5.74, 6) is 0.722. The first-order chi connectivity index (χ1) is 8.33. The number of thiocarbonyl (C=S) groups is 1. The summed E-state index contributed by atoms with van der Waals surface area (Å²) < 4.78 is 0. The largest absolute Gasteiger partial charge is 0.236 e. The molecule has 0 saturated heterocycles. The van der Waals surface area contributed by atoms with Gasteiger partial charge in [-0.15, -0.1) is 0 Å². The summed E-state index contributed by atoms with van der Waals surface area (Å²) >= 11 is 4.55. The zero-order chi connectivity index (χ0) is 12.1. The molecule has 0 aliphatic heterocycles. The van der Waals surface area contributed by atoms with Crippen molar-refractivity contribution in [3.8, 4) is 11.4 Å². The first kappa shape index (κ1) is 11.6. The summed E-state index contributed by atoms with van der Waals surface area (Å²) in [6.07, 6.45) is 4.65. The van der Waals surface area contributed by atoms with E-state index in [1.807, 2.05) is 36.7 Å². The van der Waals surface area contributed by atoms with Crippen LogP contribution >= 0.6 is 12.2 Å². The molecule has 2 aromatic rings. The van der Waals surface area contributed by atoms with Gasteiger partial charge in [-0.2, -0.15) is 4.99 Å². The van der Waals surface area contributed by atoms with Crippen LogP contribution in [-0.2, 0) is 6.42 Å². The Morgan fingerprint density at radius 3 is 2.35 bits per heavy atom. The van der Waals surface area contributed by atoms with Gasteiger partial charge >= 0.3 is 0 Å². The molecular formula is C13H11N3S. The summed E-state index contributed by atoms with van der Waals surface area (Å²) in [7, 11) is 0. The van der Waals surface area contributed by atoms with Crippen molar-refractivity contribution in [1.29, 1.82) is 0 Å². The lowest BCUT2D eigenvalue weighted by Gasteiger charge is -2.01. The maximum absolute atomic E-state index is 4.55. The number of benzene rings is 1. The van der Waals surface area contributed by atoms with Crippen LogP contribution in [0.5, 0.6) is 0 Å². The Labute approximate surface area is 105 Å². The second-order valence-corrected chi connectivity index (χ2v) is 3.70. The smallest absolute Gasteiger partial charge is 0.159 e. The number of isothiocyanates is 1. The number of aryl methyl sites for hydroxylation is 1. The minimum absolute atomic E-state index is 0.722. The SMILES string of the molecule is CCc1cnc(-c2ccc(N=C=S)cc2)nc1. The topological polar surface area (TPSA) is 38.1 Å². The lowest BCUT2D eigenvalue weighted by atomic mass is 10.2. The van der Waals surface area contributed by atoms with E-state index >= 15 is 0 Å². The number of aromatic nitrogens is 2. The Morgan fingerprint density at radius 1 is 1.18 bits per heavy atom. The molecule has 0 spiro atoms. The molecule has 0 aliphatic carbocycles. The molecule has 0 amide bonds. The summed E-state index contributed by atoms with van der Waals surface area (Å²) in [6.45, 7) is 2.08. The zero-order valence-corrected chi connectivity index (χ0v) is 10.2. The van der Waals surface area contributed by atoms with Crippen molar-refractivity contribution in [3.05, 3.63) is 42.2 Å². The molecule has 0 atom stereocenters. The molecule has 0 N–H and O–H groups in total. The van der Waals surface area contributed by atoms with Crippen molar-refractivity contribution in [3.63, 3.8) is 0 Å². The second kappa shape index (κ2) is 5.43. The molecular weight excluding hydrogens is 230 g/mol. The summed E-state index contributed by atoms with van der Waals surface area (Å²) in [4.78, 5) is 12.5. The van der Waals surface area contributed by atoms with Crippen LogP contribution < -0.4 is 0 Å². The van der Waals surface area contributed by atoms with Gasteiger partial charge in [0.2, 0.25) is 0 Å². The van der Waals surface area contributed by atoms with Gasteiger partial charge in [0.1, 0.15) is 0 Å². The monoisotopic (exact) mass is 241 g/mol. The van der Waals surface area contributed by atoms with Gasteiger partial charge in [0.05, 0.1) is 10.8 Å². The van der Waals surface area contributed by atoms with Crippen LogP contribution in [0.1, 0.15) is 12.5 Å². The highest BCUT2D eigenvalue weighted by Gasteiger charge is 2.00. The van der Waals surface area contributed by atoms with Crippen LogP contribution in [0.2, 0.25) is 0 Å². The van der Waals surface area contributed by atoms with Gasteiger partial charge in [-0.1, -0.05) is 6.92 Å². The molecule has 0 saturated carbocycles. The number of hydrogen-bond donors (Lipinski definition) is 0. The van der Waals surface area contributed by atoms with E-state index in [9.17, 15) is 0 Å². The molecule has 0 bridgehead atoms. The normalized spacial score (nSPS) is 9.71. The Hall–Kier alpha value is -1.90. The third-order valence-electron chi connectivity index (χ3n) is 2.41. The van der Waals surface area contributed by atoms with Crippen LogP contribution in [0.15, 0.2) is 41.7 Å². The molecule has 0 radical (unpaired) electrons. The first-order valence-corrected chi connectivity index (χ1v) is 5.73. The number of nitrogens with zero attached hydrogens (tertiary/aromatic N) is 3. The van der Waals surface area contributed by atoms with E-state index in [1.54, 1.807) is 0 Å². The molecule has 1 heterocycles. The maximum Gasteiger partial charge on any atom is 0.159 e. The highest BCUT2D eigenvalue weighted by Crippen LogP contribution is 2.19. The van der Waals surface area contributed by atoms with Gasteiger partial charge in [-0.25, -0.2) is 9.97 Å². The zero-order valence-electron chi connectivity index (χ0n) is 9.42. The average molecular weight is 241 g/mol. The second-order valence-electron chi connectivity index (χ2n) is 3.52. The quantitative estimate of drug-likeness (QED) is 0.610. The molecule has 0 fully saturated rings. The van der Waals surface area contributed by atoms with E-state index in [-0.39, 0.29) is 0 Å². The predicted molar refractivity (Wildman–Crippen MR) is 71.5 cm³/mol. The van der Waals surface area contributed by atoms with Gasteiger partial charge in [-0.05, 0) is 48.5 Å². The molecule has 84 valence electrons. The van der Waals surface area contributed by atoms with E-state index in [1.165, 1.54) is 0 Å². The van der Waals surface area contributed by atoms with E-state index in [4.69, 9.17) is 0 Å². The van der Waals surface area contributed by atoms with E-state index in [0.717, 1.165) is 29.1 Å².